The van der Waals surface area contributed by atoms with Gasteiger partial charge in [0.2, 0.25) is 0 Å². The number of ether oxygens (including phenoxy) is 2. The molecule has 1 saturated heterocycles. The Kier molecular flexibility index (Phi) is 7.49. The van der Waals surface area contributed by atoms with Gasteiger partial charge in [-0.05, 0) is 65.6 Å². The number of carboxylic acid groups (broad SMARTS) is 1. The molecule has 3 aromatic rings. The van der Waals surface area contributed by atoms with Crippen LogP contribution < -0.4 is 0 Å². The molecule has 5 heteroatoms. The van der Waals surface area contributed by atoms with Gasteiger partial charge in [0.25, 0.3) is 0 Å². The highest BCUT2D eigenvalue weighted by molar-refractivity contribution is 5.85. The third-order valence-electron chi connectivity index (χ3n) is 8.01. The van der Waals surface area contributed by atoms with Crippen molar-refractivity contribution in [3.8, 4) is 0 Å². The molecule has 1 aliphatic carbocycles. The molecule has 0 aromatic heterocycles. The summed E-state index contributed by atoms with van der Waals surface area (Å²) in [4.78, 5) is 10.8. The molecule has 3 aromatic carbocycles. The van der Waals surface area contributed by atoms with Gasteiger partial charge in [-0.25, -0.2) is 4.39 Å². The second kappa shape index (κ2) is 10.9. The first-order valence-corrected chi connectivity index (χ1v) is 12.9. The lowest BCUT2D eigenvalue weighted by atomic mass is 9.69. The molecule has 1 saturated carbocycles. The molecule has 0 amide bonds. The maximum absolute atomic E-state index is 13.7. The van der Waals surface area contributed by atoms with E-state index in [2.05, 4.69) is 48.6 Å². The molecule has 2 bridgehead atoms. The van der Waals surface area contributed by atoms with Crippen LogP contribution in [-0.4, -0.2) is 30.4 Å². The molecule has 0 radical (unpaired) electrons. The van der Waals surface area contributed by atoms with Crippen molar-refractivity contribution in [2.75, 3.05) is 13.2 Å². The second-order valence-electron chi connectivity index (χ2n) is 10.1. The molecule has 5 rings (SSSR count). The maximum atomic E-state index is 13.7. The van der Waals surface area contributed by atoms with E-state index in [4.69, 9.17) is 14.6 Å². The first kappa shape index (κ1) is 24.7. The number of carboxylic acids is 1. The average Bonchev–Trinajstić information content (AvgIpc) is 3.45. The van der Waals surface area contributed by atoms with Crippen molar-refractivity contribution >= 4 is 16.7 Å². The molecule has 2 aliphatic rings. The molecular weight excluding hydrogens is 455 g/mol. The van der Waals surface area contributed by atoms with Crippen LogP contribution in [0.5, 0.6) is 0 Å². The van der Waals surface area contributed by atoms with Crippen LogP contribution in [0.1, 0.15) is 43.2 Å². The number of unbranched alkanes of at least 4 members (excludes halogenated alkanes) is 1. The van der Waals surface area contributed by atoms with Crippen molar-refractivity contribution in [2.45, 2.75) is 50.2 Å². The van der Waals surface area contributed by atoms with Crippen LogP contribution in [0.25, 0.3) is 10.8 Å². The first-order chi connectivity index (χ1) is 17.6. The summed E-state index contributed by atoms with van der Waals surface area (Å²) in [6.07, 6.45) is 7.78. The summed E-state index contributed by atoms with van der Waals surface area (Å²) >= 11 is 0. The van der Waals surface area contributed by atoms with Gasteiger partial charge in [-0.15, -0.1) is 0 Å². The monoisotopic (exact) mass is 488 g/mol. The SMILES string of the molecule is O=C(O)CCCC=CC[C@H]1[C@H](COCc2cccc3ccccc23)[C@@H]2C[C@@]1(c1ccc(F)cc1)CO2. The summed E-state index contributed by atoms with van der Waals surface area (Å²) < 4.78 is 26.3. The van der Waals surface area contributed by atoms with E-state index in [1.165, 1.54) is 16.3 Å². The van der Waals surface area contributed by atoms with Gasteiger partial charge in [-0.1, -0.05) is 66.7 Å². The van der Waals surface area contributed by atoms with Crippen LogP contribution in [0, 0.1) is 17.7 Å². The van der Waals surface area contributed by atoms with Gasteiger partial charge in [0, 0.05) is 17.8 Å². The molecular formula is C31H33FO4. The topological polar surface area (TPSA) is 55.8 Å². The zero-order valence-corrected chi connectivity index (χ0v) is 20.4. The average molecular weight is 489 g/mol. The van der Waals surface area contributed by atoms with Gasteiger partial charge in [0.15, 0.2) is 0 Å². The second-order valence-corrected chi connectivity index (χ2v) is 10.1. The highest BCUT2D eigenvalue weighted by Gasteiger charge is 2.59. The molecule has 2 fully saturated rings. The predicted molar refractivity (Wildman–Crippen MR) is 138 cm³/mol. The van der Waals surface area contributed by atoms with Gasteiger partial charge < -0.3 is 14.6 Å². The zero-order valence-electron chi connectivity index (χ0n) is 20.4. The summed E-state index contributed by atoms with van der Waals surface area (Å²) in [6, 6.07) is 21.6. The highest BCUT2D eigenvalue weighted by atomic mass is 19.1. The Bertz CT molecular complexity index is 1220. The number of aliphatic carboxylic acids is 1. The van der Waals surface area contributed by atoms with Gasteiger partial charge >= 0.3 is 5.97 Å². The zero-order chi connectivity index (χ0) is 25.0. The number of hydrogen-bond donors (Lipinski definition) is 1. The van der Waals surface area contributed by atoms with Crippen molar-refractivity contribution in [1.82, 2.24) is 0 Å². The fourth-order valence-corrected chi connectivity index (χ4v) is 6.21. The van der Waals surface area contributed by atoms with E-state index in [0.29, 0.717) is 32.2 Å². The lowest BCUT2D eigenvalue weighted by Crippen LogP contribution is -2.41. The molecule has 188 valence electrons. The number of hydrogen-bond acceptors (Lipinski definition) is 3. The Hall–Kier alpha value is -3.02. The molecule has 1 aliphatic heterocycles. The Morgan fingerprint density at radius 1 is 1.08 bits per heavy atom. The summed E-state index contributed by atoms with van der Waals surface area (Å²) in [5.41, 5.74) is 2.16. The van der Waals surface area contributed by atoms with E-state index in [-0.39, 0.29) is 29.7 Å². The van der Waals surface area contributed by atoms with Crippen LogP contribution in [0.4, 0.5) is 4.39 Å². The first-order valence-electron chi connectivity index (χ1n) is 12.9. The van der Waals surface area contributed by atoms with Crippen molar-refractivity contribution < 1.29 is 23.8 Å². The Labute approximate surface area is 211 Å². The minimum absolute atomic E-state index is 0.119. The van der Waals surface area contributed by atoms with Gasteiger partial charge in [0.05, 0.1) is 25.9 Å². The summed E-state index contributed by atoms with van der Waals surface area (Å²) in [7, 11) is 0. The number of fused-ring (bicyclic) bond motifs is 3. The quantitative estimate of drug-likeness (QED) is 0.242. The number of rotatable bonds is 11. The van der Waals surface area contributed by atoms with Crippen molar-refractivity contribution in [3.05, 3.63) is 95.8 Å². The smallest absolute Gasteiger partial charge is 0.303 e. The molecule has 1 N–H and O–H groups in total. The molecule has 36 heavy (non-hydrogen) atoms. The molecule has 1 heterocycles. The van der Waals surface area contributed by atoms with E-state index < -0.39 is 5.97 Å². The largest absolute Gasteiger partial charge is 0.481 e. The lowest BCUT2D eigenvalue weighted by Gasteiger charge is -2.39. The van der Waals surface area contributed by atoms with Gasteiger partial charge in [-0.3, -0.25) is 4.79 Å². The van der Waals surface area contributed by atoms with Crippen LogP contribution in [0.3, 0.4) is 0 Å². The number of halogens is 1. The van der Waals surface area contributed by atoms with Crippen molar-refractivity contribution in [2.24, 2.45) is 11.8 Å². The van der Waals surface area contributed by atoms with E-state index in [1.807, 2.05) is 18.2 Å². The highest BCUT2D eigenvalue weighted by Crippen LogP contribution is 2.56. The Morgan fingerprint density at radius 2 is 1.89 bits per heavy atom. The van der Waals surface area contributed by atoms with E-state index in [9.17, 15) is 9.18 Å². The minimum Gasteiger partial charge on any atom is -0.481 e. The van der Waals surface area contributed by atoms with Crippen molar-refractivity contribution in [3.63, 3.8) is 0 Å². The van der Waals surface area contributed by atoms with Gasteiger partial charge in [-0.2, -0.15) is 0 Å². The predicted octanol–water partition coefficient (Wildman–Crippen LogP) is 6.67. The van der Waals surface area contributed by atoms with E-state index in [1.54, 1.807) is 12.1 Å². The fourth-order valence-electron chi connectivity index (χ4n) is 6.21. The third kappa shape index (κ3) is 5.09. The molecule has 0 spiro atoms. The van der Waals surface area contributed by atoms with Crippen LogP contribution in [-0.2, 0) is 26.3 Å². The van der Waals surface area contributed by atoms with Crippen LogP contribution in [0.2, 0.25) is 0 Å². The normalized spacial score (nSPS) is 25.2. The number of allylic oxidation sites excluding steroid dienone is 2. The van der Waals surface area contributed by atoms with Crippen LogP contribution >= 0.6 is 0 Å². The standard InChI is InChI=1S/C31H33FO4/c32-25-16-14-24(15-17-25)31-18-29(36-21-31)27(28(31)12-3-1-2-4-13-30(33)34)20-35-19-23-10-7-9-22-8-5-6-11-26(22)23/h1,3,5-11,14-17,27-29H,2,4,12-13,18-21H2,(H,33,34)/t27-,28-,29-,31-/m0/s1. The molecule has 0 unspecified atom stereocenters. The number of benzene rings is 3. The lowest BCUT2D eigenvalue weighted by molar-refractivity contribution is -0.137. The van der Waals surface area contributed by atoms with E-state index in [0.717, 1.165) is 24.8 Å². The number of carbonyl (C=O) groups is 1. The van der Waals surface area contributed by atoms with Gasteiger partial charge in [0.1, 0.15) is 5.82 Å². The van der Waals surface area contributed by atoms with Crippen LogP contribution in [0.15, 0.2) is 78.9 Å². The Morgan fingerprint density at radius 3 is 2.72 bits per heavy atom. The summed E-state index contributed by atoms with van der Waals surface area (Å²) in [5.74, 6) is -0.437. The van der Waals surface area contributed by atoms with E-state index >= 15 is 0 Å². The molecule has 4 nitrogen and oxygen atoms in total. The third-order valence-corrected chi connectivity index (χ3v) is 8.01. The minimum atomic E-state index is -0.757. The summed E-state index contributed by atoms with van der Waals surface area (Å²) in [6.45, 7) is 1.79. The Balaban J connectivity index is 1.31. The van der Waals surface area contributed by atoms with Crippen molar-refractivity contribution in [1.29, 1.82) is 0 Å². The fraction of sp³-hybridized carbons (Fsp3) is 0.387. The maximum Gasteiger partial charge on any atom is 0.303 e. The molecule has 4 atom stereocenters. The summed E-state index contributed by atoms with van der Waals surface area (Å²) in [5, 5.41) is 11.3.